The number of hydrogen-bond acceptors (Lipinski definition) is 2. The molecule has 0 spiro atoms. The second kappa shape index (κ2) is 14.1. The molecule has 0 amide bonds. The summed E-state index contributed by atoms with van der Waals surface area (Å²) in [5, 5.41) is 0. The minimum atomic E-state index is -0.354. The minimum Gasteiger partial charge on any atom is -0.460 e. The molecule has 4 saturated carbocycles. The molecule has 0 radical (unpaired) electrons. The first-order chi connectivity index (χ1) is 18.2. The molecule has 2 unspecified atom stereocenters. The predicted molar refractivity (Wildman–Crippen MR) is 176 cm³/mol. The lowest BCUT2D eigenvalue weighted by Crippen LogP contribution is -2.38. The van der Waals surface area contributed by atoms with E-state index in [4.69, 9.17) is 4.74 Å². The summed E-state index contributed by atoms with van der Waals surface area (Å²) in [4.78, 5) is 11.9. The molecule has 4 aliphatic carbocycles. The first-order valence-electron chi connectivity index (χ1n) is 17.0. The quantitative estimate of drug-likeness (QED) is 0.148. The van der Waals surface area contributed by atoms with Crippen molar-refractivity contribution in [3.63, 3.8) is 0 Å². The smallest absolute Gasteiger partial charge is 0.306 e. The second-order valence-electron chi connectivity index (χ2n) is 16.2. The molecule has 10 atom stereocenters. The fourth-order valence-corrected chi connectivity index (χ4v) is 11.6. The highest BCUT2D eigenvalue weighted by Gasteiger charge is 2.52. The molecule has 2 nitrogen and oxygen atoms in total. The van der Waals surface area contributed by atoms with Crippen LogP contribution in [0.25, 0.3) is 0 Å². The van der Waals surface area contributed by atoms with Gasteiger partial charge in [-0.15, -0.1) is 0 Å². The lowest BCUT2D eigenvalue weighted by atomic mass is 9.59. The van der Waals surface area contributed by atoms with E-state index in [1.807, 2.05) is 20.8 Å². The van der Waals surface area contributed by atoms with Gasteiger partial charge in [0.1, 0.15) is 5.60 Å². The first-order valence-corrected chi connectivity index (χ1v) is 18.5. The molecule has 4 aliphatic rings. The molecular weight excluding hydrogens is 591 g/mol. The van der Waals surface area contributed by atoms with Crippen LogP contribution in [0.1, 0.15) is 152 Å². The molecule has 0 aromatic carbocycles. The zero-order valence-corrected chi connectivity index (χ0v) is 29.6. The Morgan fingerprint density at radius 3 is 1.72 bits per heavy atom. The van der Waals surface area contributed by atoms with Crippen LogP contribution in [0.15, 0.2) is 0 Å². The highest BCUT2D eigenvalue weighted by molar-refractivity contribution is 14.1. The average Bonchev–Trinajstić information content (AvgIpc) is 3.37. The summed E-state index contributed by atoms with van der Waals surface area (Å²) in [7, 11) is 0. The SMILES string of the molecule is CC1CCC[C@]2(C)[C@@H]([C@H](C)CCCC(=O)OC(C)(C)C)CC[C@@H]12.CC1CCC[C@]2(C)[C@@H]([C@H](C)CCI)CC[C@@H]12. The third kappa shape index (κ3) is 8.19. The summed E-state index contributed by atoms with van der Waals surface area (Å²) >= 11 is 2.55. The van der Waals surface area contributed by atoms with E-state index in [2.05, 4.69) is 64.1 Å². The molecule has 0 N–H and O–H groups in total. The van der Waals surface area contributed by atoms with Crippen LogP contribution >= 0.6 is 22.6 Å². The molecular formula is C36H65IO2. The number of hydrogen-bond donors (Lipinski definition) is 0. The Balaban J connectivity index is 0.000000230. The first kappa shape index (κ1) is 33.7. The molecule has 0 saturated heterocycles. The monoisotopic (exact) mass is 656 g/mol. The van der Waals surface area contributed by atoms with Crippen LogP contribution in [0.3, 0.4) is 0 Å². The average molecular weight is 657 g/mol. The van der Waals surface area contributed by atoms with Crippen LogP contribution in [0, 0.1) is 58.2 Å². The van der Waals surface area contributed by atoms with E-state index >= 15 is 0 Å². The number of halogens is 1. The molecule has 228 valence electrons. The van der Waals surface area contributed by atoms with Gasteiger partial charge in [0.05, 0.1) is 0 Å². The number of rotatable bonds is 8. The van der Waals surface area contributed by atoms with Gasteiger partial charge >= 0.3 is 5.97 Å². The number of alkyl halides is 1. The molecule has 39 heavy (non-hydrogen) atoms. The van der Waals surface area contributed by atoms with Crippen LogP contribution in [0.4, 0.5) is 0 Å². The zero-order valence-electron chi connectivity index (χ0n) is 27.4. The Bertz CT molecular complexity index is 773. The molecule has 0 aromatic heterocycles. The van der Waals surface area contributed by atoms with Gasteiger partial charge in [-0.1, -0.05) is 89.8 Å². The molecule has 4 fully saturated rings. The summed E-state index contributed by atoms with van der Waals surface area (Å²) in [5.41, 5.74) is 0.902. The maximum Gasteiger partial charge on any atom is 0.306 e. The van der Waals surface area contributed by atoms with E-state index in [-0.39, 0.29) is 11.6 Å². The van der Waals surface area contributed by atoms with Crippen LogP contribution in [0.2, 0.25) is 0 Å². The molecule has 3 heteroatoms. The van der Waals surface area contributed by atoms with Gasteiger partial charge in [-0.3, -0.25) is 4.79 Å². The number of ether oxygens (including phenoxy) is 1. The van der Waals surface area contributed by atoms with Crippen molar-refractivity contribution < 1.29 is 9.53 Å². The topological polar surface area (TPSA) is 26.3 Å². The minimum absolute atomic E-state index is 0.0356. The van der Waals surface area contributed by atoms with Crippen LogP contribution in [0.5, 0.6) is 0 Å². The third-order valence-electron chi connectivity index (χ3n) is 12.5. The van der Waals surface area contributed by atoms with Gasteiger partial charge in [-0.2, -0.15) is 0 Å². The van der Waals surface area contributed by atoms with E-state index < -0.39 is 0 Å². The zero-order chi connectivity index (χ0) is 29.0. The lowest BCUT2D eigenvalue weighted by Gasteiger charge is -2.46. The molecule has 4 rings (SSSR count). The fraction of sp³-hybridized carbons (Fsp3) is 0.972. The maximum absolute atomic E-state index is 11.9. The standard InChI is InChI=1S/C21H38O2.C15H27I/c1-15(9-7-11-19(22)23-20(3,4)5)17-12-13-18-16(2)10-8-14-21(17,18)6;1-11-5-4-9-15(3)13(11)6-7-14(15)12(2)8-10-16/h15-18H,7-14H2,1-6H3;11-14H,4-10H2,1-3H3/t15-,16?,17-,18+,21-;11?,12-,13+,14-,15+/m11/s1. The predicted octanol–water partition coefficient (Wildman–Crippen LogP) is 11.3. The Kier molecular flexibility index (Phi) is 12.2. The van der Waals surface area contributed by atoms with Crippen LogP contribution in [-0.4, -0.2) is 16.0 Å². The van der Waals surface area contributed by atoms with E-state index in [0.717, 1.165) is 53.8 Å². The highest BCUT2D eigenvalue weighted by Crippen LogP contribution is 2.61. The Labute approximate surface area is 257 Å². The molecule has 0 heterocycles. The summed E-state index contributed by atoms with van der Waals surface area (Å²) in [6.07, 6.45) is 18.8. The van der Waals surface area contributed by atoms with E-state index in [1.165, 1.54) is 81.5 Å². The lowest BCUT2D eigenvalue weighted by molar-refractivity contribution is -0.155. The van der Waals surface area contributed by atoms with Crippen molar-refractivity contribution in [3.8, 4) is 0 Å². The summed E-state index contributed by atoms with van der Waals surface area (Å²) in [6.45, 7) is 20.9. The van der Waals surface area contributed by atoms with Crippen LogP contribution < -0.4 is 0 Å². The van der Waals surface area contributed by atoms with Gasteiger partial charge < -0.3 is 4.74 Å². The van der Waals surface area contributed by atoms with E-state index in [9.17, 15) is 4.79 Å². The third-order valence-corrected chi connectivity index (χ3v) is 13.1. The normalized spacial score (nSPS) is 39.6. The summed E-state index contributed by atoms with van der Waals surface area (Å²) < 4.78 is 6.76. The van der Waals surface area contributed by atoms with Gasteiger partial charge in [0.2, 0.25) is 0 Å². The van der Waals surface area contributed by atoms with Crippen molar-refractivity contribution in [2.24, 2.45) is 58.2 Å². The van der Waals surface area contributed by atoms with Crippen molar-refractivity contribution in [2.75, 3.05) is 4.43 Å². The van der Waals surface area contributed by atoms with E-state index in [1.54, 1.807) is 0 Å². The van der Waals surface area contributed by atoms with Gasteiger partial charge in [0.15, 0.2) is 0 Å². The van der Waals surface area contributed by atoms with Crippen LogP contribution in [-0.2, 0) is 9.53 Å². The van der Waals surface area contributed by atoms with Crippen molar-refractivity contribution in [1.82, 2.24) is 0 Å². The maximum atomic E-state index is 11.9. The van der Waals surface area contributed by atoms with Gasteiger partial charge in [-0.25, -0.2) is 0 Å². The molecule has 0 aliphatic heterocycles. The molecule has 0 aromatic rings. The van der Waals surface area contributed by atoms with Crippen molar-refractivity contribution >= 4 is 28.6 Å². The van der Waals surface area contributed by atoms with Crippen molar-refractivity contribution in [2.45, 2.75) is 158 Å². The Morgan fingerprint density at radius 1 is 0.821 bits per heavy atom. The van der Waals surface area contributed by atoms with Crippen molar-refractivity contribution in [1.29, 1.82) is 0 Å². The van der Waals surface area contributed by atoms with E-state index in [0.29, 0.717) is 17.3 Å². The van der Waals surface area contributed by atoms with Gasteiger partial charge in [0.25, 0.3) is 0 Å². The van der Waals surface area contributed by atoms with Gasteiger partial charge in [-0.05, 0) is 141 Å². The Hall–Kier alpha value is 0.200. The number of fused-ring (bicyclic) bond motifs is 2. The highest BCUT2D eigenvalue weighted by atomic mass is 127. The number of carbonyl (C=O) groups is 1. The fourth-order valence-electron chi connectivity index (χ4n) is 10.6. The van der Waals surface area contributed by atoms with Gasteiger partial charge in [0, 0.05) is 6.42 Å². The number of esters is 1. The molecule has 0 bridgehead atoms. The number of carbonyl (C=O) groups excluding carboxylic acids is 1. The van der Waals surface area contributed by atoms with Crippen molar-refractivity contribution in [3.05, 3.63) is 0 Å². The second-order valence-corrected chi connectivity index (χ2v) is 17.3. The Morgan fingerprint density at radius 2 is 1.28 bits per heavy atom. The largest absolute Gasteiger partial charge is 0.460 e. The summed E-state index contributed by atoms with van der Waals surface area (Å²) in [5.74, 6) is 7.42. The summed E-state index contributed by atoms with van der Waals surface area (Å²) in [6, 6.07) is 0.